The fourth-order valence-corrected chi connectivity index (χ4v) is 7.17. The van der Waals surface area contributed by atoms with Gasteiger partial charge in [0.05, 0.1) is 22.9 Å². The van der Waals surface area contributed by atoms with Gasteiger partial charge in [-0.05, 0) is 75.8 Å². The van der Waals surface area contributed by atoms with E-state index in [1.165, 1.54) is 43.3 Å². The van der Waals surface area contributed by atoms with Gasteiger partial charge in [-0.15, -0.1) is 0 Å². The molecule has 48 heavy (non-hydrogen) atoms. The number of ketones is 2. The van der Waals surface area contributed by atoms with Crippen molar-refractivity contribution in [3.8, 4) is 5.75 Å². The van der Waals surface area contributed by atoms with E-state index >= 15 is 0 Å². The summed E-state index contributed by atoms with van der Waals surface area (Å²) in [7, 11) is 4.64. The summed E-state index contributed by atoms with van der Waals surface area (Å²) in [6, 6.07) is 4.71. The number of primary amides is 1. The Labute approximate surface area is 272 Å². The molecule has 4 unspecified atom stereocenters. The smallest absolute Gasteiger partial charge is 0.416 e. The molecule has 0 heterocycles. The van der Waals surface area contributed by atoms with Crippen LogP contribution in [0.2, 0.25) is 0 Å². The summed E-state index contributed by atoms with van der Waals surface area (Å²) in [5, 5.41) is 47.9. The van der Waals surface area contributed by atoms with Crippen molar-refractivity contribution in [1.29, 1.82) is 0 Å². The summed E-state index contributed by atoms with van der Waals surface area (Å²) >= 11 is 0. The lowest BCUT2D eigenvalue weighted by Crippen LogP contribution is -2.63. The minimum absolute atomic E-state index is 0.0586. The number of allylic oxidation sites excluding steroid dienone is 1. The second-order valence-electron chi connectivity index (χ2n) is 12.5. The number of benzene rings is 2. The number of alkyl halides is 3. The van der Waals surface area contributed by atoms with Crippen molar-refractivity contribution in [3.63, 3.8) is 0 Å². The largest absolute Gasteiger partial charge is 0.510 e. The van der Waals surface area contributed by atoms with Gasteiger partial charge in [0.1, 0.15) is 23.1 Å². The van der Waals surface area contributed by atoms with E-state index < -0.39 is 87.5 Å². The minimum atomic E-state index is -4.58. The maximum absolute atomic E-state index is 14.0. The number of nitrogens with two attached hydrogens (primary N) is 1. The van der Waals surface area contributed by atoms with E-state index in [-0.39, 0.29) is 35.2 Å². The van der Waals surface area contributed by atoms with Gasteiger partial charge in [0.25, 0.3) is 5.91 Å². The lowest BCUT2D eigenvalue weighted by Gasteiger charge is -2.50. The second-order valence-corrected chi connectivity index (χ2v) is 12.5. The Kier molecular flexibility index (Phi) is 8.69. The van der Waals surface area contributed by atoms with Crippen LogP contribution < -0.4 is 11.1 Å². The van der Waals surface area contributed by atoms with Gasteiger partial charge in [0.2, 0.25) is 11.7 Å². The SMILES string of the molecule is CCN(C)C(C(=O)Nc1ccc2c(c1O)C(=O)C1=C(O)C3(O)C(=O)C(C(N)=O)=C(O)[C@@H](N(C)C)C3CC1C2)c1ccc(C(F)(F)F)cc1. The first-order valence-corrected chi connectivity index (χ1v) is 15.0. The molecule has 2 aromatic carbocycles. The number of hydrogen-bond donors (Lipinski definition) is 6. The van der Waals surface area contributed by atoms with E-state index in [4.69, 9.17) is 5.73 Å². The van der Waals surface area contributed by atoms with Crippen LogP contribution in [0.5, 0.6) is 5.75 Å². The first-order chi connectivity index (χ1) is 22.4. The Hall–Kier alpha value is -4.73. The number of fused-ring (bicyclic) bond motifs is 3. The Balaban J connectivity index is 1.53. The quantitative estimate of drug-likeness (QED) is 0.188. The molecule has 0 saturated carbocycles. The minimum Gasteiger partial charge on any atom is -0.510 e. The lowest BCUT2D eigenvalue weighted by molar-refractivity contribution is -0.148. The Morgan fingerprint density at radius 2 is 1.69 bits per heavy atom. The van der Waals surface area contributed by atoms with Gasteiger partial charge in [0, 0.05) is 11.5 Å². The van der Waals surface area contributed by atoms with Gasteiger partial charge >= 0.3 is 6.18 Å². The Morgan fingerprint density at radius 1 is 1.06 bits per heavy atom. The number of Topliss-reactive ketones (excluding diaryl/α,β-unsaturated/α-hetero) is 2. The number of carbonyl (C=O) groups excluding carboxylic acids is 4. The first-order valence-electron chi connectivity index (χ1n) is 15.0. The van der Waals surface area contributed by atoms with Crippen molar-refractivity contribution >= 4 is 29.1 Å². The van der Waals surface area contributed by atoms with E-state index in [1.807, 2.05) is 0 Å². The number of likely N-dealkylation sites (N-methyl/N-ethyl adjacent to an activating group) is 2. The van der Waals surface area contributed by atoms with Crippen molar-refractivity contribution in [3.05, 3.63) is 81.3 Å². The summed E-state index contributed by atoms with van der Waals surface area (Å²) in [5.74, 6) is -8.66. The summed E-state index contributed by atoms with van der Waals surface area (Å²) < 4.78 is 39.4. The van der Waals surface area contributed by atoms with Crippen molar-refractivity contribution in [1.82, 2.24) is 9.80 Å². The molecule has 0 saturated heterocycles. The van der Waals surface area contributed by atoms with Crippen molar-refractivity contribution in [2.75, 3.05) is 33.0 Å². The average Bonchev–Trinajstić information content (AvgIpc) is 2.99. The van der Waals surface area contributed by atoms with Crippen LogP contribution in [0.3, 0.4) is 0 Å². The van der Waals surface area contributed by atoms with E-state index in [9.17, 15) is 52.8 Å². The molecule has 2 amide bonds. The highest BCUT2D eigenvalue weighted by atomic mass is 19.4. The molecule has 3 aliphatic carbocycles. The number of nitrogens with zero attached hydrogens (tertiary/aromatic N) is 2. The number of rotatable bonds is 7. The van der Waals surface area contributed by atoms with Crippen LogP contribution in [0.15, 0.2) is 59.1 Å². The van der Waals surface area contributed by atoms with Gasteiger partial charge < -0.3 is 31.5 Å². The summed E-state index contributed by atoms with van der Waals surface area (Å²) in [4.78, 5) is 56.2. The van der Waals surface area contributed by atoms with Gasteiger partial charge in [-0.2, -0.15) is 13.2 Å². The molecule has 0 fully saturated rings. The number of aliphatic hydroxyl groups excluding tert-OH is 2. The lowest BCUT2D eigenvalue weighted by atomic mass is 9.58. The van der Waals surface area contributed by atoms with Gasteiger partial charge in [0.15, 0.2) is 17.1 Å². The van der Waals surface area contributed by atoms with Crippen LogP contribution in [0.4, 0.5) is 18.9 Å². The fourth-order valence-electron chi connectivity index (χ4n) is 7.17. The van der Waals surface area contributed by atoms with Crippen molar-refractivity contribution < 1.29 is 52.8 Å². The van der Waals surface area contributed by atoms with Crippen LogP contribution in [-0.2, 0) is 27.0 Å². The van der Waals surface area contributed by atoms with Crippen LogP contribution in [0.1, 0.15) is 46.4 Å². The second kappa shape index (κ2) is 12.1. The van der Waals surface area contributed by atoms with E-state index in [0.717, 1.165) is 12.1 Å². The molecular formula is C33H35F3N4O8. The molecule has 0 spiro atoms. The van der Waals surface area contributed by atoms with E-state index in [2.05, 4.69) is 5.32 Å². The number of halogens is 3. The molecule has 15 heteroatoms. The number of aliphatic hydroxyl groups is 3. The molecule has 5 atom stereocenters. The average molecular weight is 673 g/mol. The zero-order valence-electron chi connectivity index (χ0n) is 26.4. The molecule has 3 aliphatic rings. The van der Waals surface area contributed by atoms with Gasteiger partial charge in [-0.1, -0.05) is 25.1 Å². The molecule has 12 nitrogen and oxygen atoms in total. The standard InChI is InChI=1S/C33H35F3N4O8/c1-5-40(4)23(14-6-9-17(10-7-14)33(34,35)36)31(47)38-19-11-8-15-12-16-13-18-24(39(2)3)27(43)22(30(37)46)29(45)32(18,48)28(44)21(16)26(42)20(15)25(19)41/h6-11,16,18,23-24,41,43-44,48H,5,12-13H2,1-4H3,(H2,37,46)(H,38,47)/t16?,18?,23?,24-,32?/m0/s1. The molecule has 256 valence electrons. The number of nitrogens with one attached hydrogen (secondary N) is 1. The zero-order chi connectivity index (χ0) is 35.6. The maximum atomic E-state index is 14.0. The maximum Gasteiger partial charge on any atom is 0.416 e. The monoisotopic (exact) mass is 672 g/mol. The Bertz CT molecular complexity index is 1790. The zero-order valence-corrected chi connectivity index (χ0v) is 26.4. The number of anilines is 1. The number of phenolic OH excluding ortho intramolecular Hbond substituents is 1. The molecule has 0 aromatic heterocycles. The van der Waals surface area contributed by atoms with Crippen LogP contribution in [0, 0.1) is 11.8 Å². The van der Waals surface area contributed by atoms with Crippen molar-refractivity contribution in [2.45, 2.75) is 43.6 Å². The van der Waals surface area contributed by atoms with Crippen LogP contribution in [-0.4, -0.2) is 92.9 Å². The number of amides is 2. The molecule has 0 radical (unpaired) electrons. The van der Waals surface area contributed by atoms with E-state index in [0.29, 0.717) is 12.1 Å². The van der Waals surface area contributed by atoms with Crippen LogP contribution in [0.25, 0.3) is 0 Å². The Morgan fingerprint density at radius 3 is 2.23 bits per heavy atom. The number of carbonyl (C=O) groups is 4. The normalized spacial score (nSPS) is 24.8. The highest BCUT2D eigenvalue weighted by Gasteiger charge is 2.63. The molecule has 0 bridgehead atoms. The first kappa shape index (κ1) is 34.6. The third kappa shape index (κ3) is 5.31. The van der Waals surface area contributed by atoms with Gasteiger partial charge in [-0.25, -0.2) is 0 Å². The predicted molar refractivity (Wildman–Crippen MR) is 165 cm³/mol. The number of aromatic hydroxyl groups is 1. The fraction of sp³-hybridized carbons (Fsp3) is 0.394. The topological polar surface area (TPSA) is 194 Å². The molecule has 7 N–H and O–H groups in total. The van der Waals surface area contributed by atoms with E-state index in [1.54, 1.807) is 18.9 Å². The van der Waals surface area contributed by atoms with Crippen LogP contribution >= 0.6 is 0 Å². The predicted octanol–water partition coefficient (Wildman–Crippen LogP) is 2.77. The highest BCUT2D eigenvalue weighted by Crippen LogP contribution is 2.52. The molecule has 2 aromatic rings. The molecule has 5 rings (SSSR count). The highest BCUT2D eigenvalue weighted by molar-refractivity contribution is 6.25. The number of hydrogen-bond acceptors (Lipinski definition) is 10. The third-order valence-electron chi connectivity index (χ3n) is 9.59. The molecule has 0 aliphatic heterocycles. The summed E-state index contributed by atoms with van der Waals surface area (Å²) in [6.45, 7) is 2.06. The summed E-state index contributed by atoms with van der Waals surface area (Å²) in [6.07, 6.45) is -4.60. The number of phenols is 1. The van der Waals surface area contributed by atoms with Crippen molar-refractivity contribution in [2.24, 2.45) is 17.6 Å². The summed E-state index contributed by atoms with van der Waals surface area (Å²) in [5.41, 5.74) is 0.461. The molecular weight excluding hydrogens is 637 g/mol. The third-order valence-corrected chi connectivity index (χ3v) is 9.59. The van der Waals surface area contributed by atoms with Gasteiger partial charge in [-0.3, -0.25) is 29.0 Å².